The second-order valence-corrected chi connectivity index (χ2v) is 7.61. The molecule has 3 aliphatic carbocycles. The van der Waals surface area contributed by atoms with E-state index in [-0.39, 0.29) is 0 Å². The van der Waals surface area contributed by atoms with E-state index < -0.39 is 0 Å². The molecule has 4 unspecified atom stereocenters. The molecule has 0 saturated heterocycles. The first kappa shape index (κ1) is 12.3. The average Bonchev–Trinajstić information content (AvgIpc) is 2.94. The van der Waals surface area contributed by atoms with Gasteiger partial charge in [-0.15, -0.1) is 0 Å². The molecule has 0 bridgehead atoms. The van der Waals surface area contributed by atoms with Crippen molar-refractivity contribution in [2.45, 2.75) is 57.4 Å². The third-order valence-corrected chi connectivity index (χ3v) is 6.68. The fourth-order valence-electron chi connectivity index (χ4n) is 5.83. The zero-order valence-corrected chi connectivity index (χ0v) is 12.8. The third-order valence-electron chi connectivity index (χ3n) is 6.68. The van der Waals surface area contributed by atoms with Gasteiger partial charge < -0.3 is 5.32 Å². The van der Waals surface area contributed by atoms with Gasteiger partial charge in [0.15, 0.2) is 0 Å². The molecular weight excluding hydrogens is 254 g/mol. The van der Waals surface area contributed by atoms with Gasteiger partial charge in [-0.2, -0.15) is 0 Å². The van der Waals surface area contributed by atoms with Gasteiger partial charge in [0.05, 0.1) is 0 Å². The van der Waals surface area contributed by atoms with E-state index in [1.165, 1.54) is 51.4 Å². The number of allylic oxidation sites excluding steroid dienone is 1. The minimum absolute atomic E-state index is 0.750. The van der Waals surface area contributed by atoms with Crippen molar-refractivity contribution in [1.82, 2.24) is 5.32 Å². The quantitative estimate of drug-likeness (QED) is 0.735. The lowest BCUT2D eigenvalue weighted by Crippen LogP contribution is -2.42. The van der Waals surface area contributed by atoms with Gasteiger partial charge in [0.25, 0.3) is 0 Å². The summed E-state index contributed by atoms with van der Waals surface area (Å²) in [6, 6.07) is 9.95. The summed E-state index contributed by atoms with van der Waals surface area (Å²) < 4.78 is 0. The summed E-state index contributed by atoms with van der Waals surface area (Å²) in [5.74, 6) is 2.80. The van der Waals surface area contributed by atoms with Gasteiger partial charge in [-0.1, -0.05) is 43.5 Å². The molecule has 0 amide bonds. The van der Waals surface area contributed by atoms with Crippen LogP contribution in [-0.4, -0.2) is 6.04 Å². The van der Waals surface area contributed by atoms with Crippen LogP contribution < -0.4 is 5.32 Å². The van der Waals surface area contributed by atoms with Gasteiger partial charge in [0, 0.05) is 17.7 Å². The summed E-state index contributed by atoms with van der Waals surface area (Å²) >= 11 is 0. The van der Waals surface area contributed by atoms with E-state index in [0.29, 0.717) is 0 Å². The zero-order valence-electron chi connectivity index (χ0n) is 12.8. The smallest absolute Gasteiger partial charge is 0.0330 e. The van der Waals surface area contributed by atoms with Crippen LogP contribution in [0.3, 0.4) is 0 Å². The van der Waals surface area contributed by atoms with Gasteiger partial charge in [0.1, 0.15) is 0 Å². The van der Waals surface area contributed by atoms with E-state index in [1.807, 2.05) is 0 Å². The summed E-state index contributed by atoms with van der Waals surface area (Å²) in [6.07, 6.45) is 11.3. The second-order valence-electron chi connectivity index (χ2n) is 7.61. The predicted octanol–water partition coefficient (Wildman–Crippen LogP) is 4.53. The summed E-state index contributed by atoms with van der Waals surface area (Å²) in [4.78, 5) is 0. The Labute approximate surface area is 127 Å². The molecule has 0 aromatic heterocycles. The Morgan fingerprint density at radius 2 is 1.81 bits per heavy atom. The third kappa shape index (κ3) is 1.76. The molecule has 4 atom stereocenters. The summed E-state index contributed by atoms with van der Waals surface area (Å²) in [5.41, 5.74) is 6.52. The van der Waals surface area contributed by atoms with Crippen molar-refractivity contribution in [3.05, 3.63) is 41.1 Å². The molecule has 0 radical (unpaired) electrons. The second kappa shape index (κ2) is 4.63. The minimum Gasteiger partial charge on any atom is -0.385 e. The number of aryl methyl sites for hydroxylation is 1. The van der Waals surface area contributed by atoms with Crippen molar-refractivity contribution < 1.29 is 0 Å². The molecule has 1 aromatic carbocycles. The van der Waals surface area contributed by atoms with Crippen LogP contribution in [-0.2, 0) is 6.42 Å². The van der Waals surface area contributed by atoms with Gasteiger partial charge in [-0.05, 0) is 60.6 Å². The van der Waals surface area contributed by atoms with Crippen LogP contribution in [0.2, 0.25) is 0 Å². The largest absolute Gasteiger partial charge is 0.385 e. The van der Waals surface area contributed by atoms with Crippen molar-refractivity contribution >= 4 is 5.57 Å². The average molecular weight is 279 g/mol. The maximum Gasteiger partial charge on any atom is 0.0330 e. The molecule has 1 heteroatoms. The molecular formula is C20H25N. The molecule has 1 heterocycles. The Morgan fingerprint density at radius 3 is 2.81 bits per heavy atom. The topological polar surface area (TPSA) is 12.0 Å². The van der Waals surface area contributed by atoms with Gasteiger partial charge in [0.2, 0.25) is 0 Å². The number of hydrogen-bond donors (Lipinski definition) is 1. The van der Waals surface area contributed by atoms with E-state index in [4.69, 9.17) is 0 Å². The first-order valence-corrected chi connectivity index (χ1v) is 8.99. The highest BCUT2D eigenvalue weighted by atomic mass is 15.0. The molecule has 5 rings (SSSR count). The van der Waals surface area contributed by atoms with Crippen LogP contribution in [0.1, 0.15) is 56.1 Å². The zero-order chi connectivity index (χ0) is 13.8. The molecule has 21 heavy (non-hydrogen) atoms. The van der Waals surface area contributed by atoms with Crippen LogP contribution in [0, 0.1) is 17.8 Å². The van der Waals surface area contributed by atoms with Crippen molar-refractivity contribution in [2.24, 2.45) is 17.8 Å². The van der Waals surface area contributed by atoms with Crippen LogP contribution in [0.15, 0.2) is 30.0 Å². The SMILES string of the molecule is c1ccc2c(c1)CCC1=C2C2C(CCC3CCCCC32)N1. The van der Waals surface area contributed by atoms with Crippen LogP contribution >= 0.6 is 0 Å². The summed E-state index contributed by atoms with van der Waals surface area (Å²) in [7, 11) is 0. The van der Waals surface area contributed by atoms with Crippen molar-refractivity contribution in [3.63, 3.8) is 0 Å². The molecule has 2 fully saturated rings. The predicted molar refractivity (Wildman–Crippen MR) is 86.8 cm³/mol. The monoisotopic (exact) mass is 279 g/mol. The molecule has 4 aliphatic rings. The number of rotatable bonds is 0. The van der Waals surface area contributed by atoms with Crippen LogP contribution in [0.4, 0.5) is 0 Å². The molecule has 1 N–H and O–H groups in total. The van der Waals surface area contributed by atoms with E-state index in [0.717, 1.165) is 23.8 Å². The highest BCUT2D eigenvalue weighted by Crippen LogP contribution is 2.53. The highest BCUT2D eigenvalue weighted by molar-refractivity contribution is 5.77. The summed E-state index contributed by atoms with van der Waals surface area (Å²) in [6.45, 7) is 0. The van der Waals surface area contributed by atoms with Crippen LogP contribution in [0.5, 0.6) is 0 Å². The lowest BCUT2D eigenvalue weighted by atomic mass is 9.61. The Kier molecular flexibility index (Phi) is 2.71. The first-order valence-electron chi connectivity index (χ1n) is 8.99. The van der Waals surface area contributed by atoms with Gasteiger partial charge >= 0.3 is 0 Å². The number of hydrogen-bond acceptors (Lipinski definition) is 1. The molecule has 2 saturated carbocycles. The van der Waals surface area contributed by atoms with E-state index in [1.54, 1.807) is 22.4 Å². The lowest BCUT2D eigenvalue weighted by Gasteiger charge is -2.44. The molecule has 1 aliphatic heterocycles. The maximum atomic E-state index is 3.95. The van der Waals surface area contributed by atoms with E-state index >= 15 is 0 Å². The lowest BCUT2D eigenvalue weighted by molar-refractivity contribution is 0.116. The highest BCUT2D eigenvalue weighted by Gasteiger charge is 2.47. The Hall–Kier alpha value is -1.24. The number of nitrogens with one attached hydrogen (secondary N) is 1. The maximum absolute atomic E-state index is 3.95. The minimum atomic E-state index is 0.750. The first-order chi connectivity index (χ1) is 10.4. The van der Waals surface area contributed by atoms with Gasteiger partial charge in [-0.3, -0.25) is 0 Å². The van der Waals surface area contributed by atoms with Gasteiger partial charge in [-0.25, -0.2) is 0 Å². The molecule has 0 spiro atoms. The number of benzene rings is 1. The summed E-state index contributed by atoms with van der Waals surface area (Å²) in [5, 5.41) is 3.95. The van der Waals surface area contributed by atoms with E-state index in [9.17, 15) is 0 Å². The molecule has 110 valence electrons. The van der Waals surface area contributed by atoms with Crippen molar-refractivity contribution in [2.75, 3.05) is 0 Å². The van der Waals surface area contributed by atoms with Crippen molar-refractivity contribution in [3.8, 4) is 0 Å². The van der Waals surface area contributed by atoms with Crippen LogP contribution in [0.25, 0.3) is 5.57 Å². The Bertz CT molecular complexity index is 600. The van der Waals surface area contributed by atoms with E-state index in [2.05, 4.69) is 29.6 Å². The standard InChI is InChI=1S/C20H25N/c1-3-7-15-13(5-1)9-11-17-19(15)20-16-8-4-2-6-14(16)10-12-18(20)21-17/h1,3,5,7,14,16,18,20-21H,2,4,6,8-12H2. The Balaban J connectivity index is 1.60. The molecule has 1 aromatic rings. The number of fused-ring (bicyclic) bond motifs is 6. The Morgan fingerprint density at radius 1 is 0.905 bits per heavy atom. The fourth-order valence-corrected chi connectivity index (χ4v) is 5.83. The fraction of sp³-hybridized carbons (Fsp3) is 0.600. The van der Waals surface area contributed by atoms with Crippen molar-refractivity contribution in [1.29, 1.82) is 0 Å². The molecule has 1 nitrogen and oxygen atoms in total. The normalized spacial score (nSPS) is 37.1.